The number of nitrogens with one attached hydrogen (secondary N) is 1. The van der Waals surface area contributed by atoms with Crippen molar-refractivity contribution >= 4 is 29.1 Å². The minimum absolute atomic E-state index is 0.00523. The van der Waals surface area contributed by atoms with E-state index in [1.54, 1.807) is 30.6 Å². The standard InChI is InChI=1S/C21H22N4O2S/c1-14(2)20(27)23-17-11-9-16(10-12-17)19(26)15(3)28-21-24-22-13-25(21)18-7-5-4-6-8-18/h4-15H,1-3H3,(H,23,27). The van der Waals surface area contributed by atoms with Crippen molar-refractivity contribution in [2.24, 2.45) is 5.92 Å². The molecular weight excluding hydrogens is 372 g/mol. The summed E-state index contributed by atoms with van der Waals surface area (Å²) in [6.45, 7) is 5.52. The molecule has 2 aromatic carbocycles. The summed E-state index contributed by atoms with van der Waals surface area (Å²) in [5.74, 6) is -0.155. The molecule has 0 radical (unpaired) electrons. The number of carbonyl (C=O) groups is 2. The van der Waals surface area contributed by atoms with Crippen LogP contribution in [0.1, 0.15) is 31.1 Å². The highest BCUT2D eigenvalue weighted by atomic mass is 32.2. The first-order valence-corrected chi connectivity index (χ1v) is 9.91. The van der Waals surface area contributed by atoms with Crippen LogP contribution >= 0.6 is 11.8 Å². The van der Waals surface area contributed by atoms with E-state index in [1.165, 1.54) is 11.8 Å². The van der Waals surface area contributed by atoms with Crippen molar-refractivity contribution < 1.29 is 9.59 Å². The van der Waals surface area contributed by atoms with Crippen LogP contribution in [0.5, 0.6) is 0 Å². The molecule has 0 saturated heterocycles. The van der Waals surface area contributed by atoms with Crippen molar-refractivity contribution in [1.29, 1.82) is 0 Å². The Morgan fingerprint density at radius 2 is 1.68 bits per heavy atom. The summed E-state index contributed by atoms with van der Waals surface area (Å²) >= 11 is 1.36. The number of carbonyl (C=O) groups excluding carboxylic acids is 2. The fourth-order valence-electron chi connectivity index (χ4n) is 2.52. The summed E-state index contributed by atoms with van der Waals surface area (Å²) in [7, 11) is 0. The minimum atomic E-state index is -0.331. The van der Waals surface area contributed by atoms with Crippen LogP contribution in [0.4, 0.5) is 5.69 Å². The molecule has 0 saturated carbocycles. The predicted octanol–water partition coefficient (Wildman–Crippen LogP) is 4.23. The fourth-order valence-corrected chi connectivity index (χ4v) is 3.44. The number of benzene rings is 2. The van der Waals surface area contributed by atoms with E-state index in [9.17, 15) is 9.59 Å². The van der Waals surface area contributed by atoms with Gasteiger partial charge in [-0.3, -0.25) is 14.2 Å². The molecule has 144 valence electrons. The monoisotopic (exact) mass is 394 g/mol. The first-order valence-electron chi connectivity index (χ1n) is 9.03. The second-order valence-electron chi connectivity index (χ2n) is 6.66. The lowest BCUT2D eigenvalue weighted by atomic mass is 10.1. The zero-order chi connectivity index (χ0) is 20.1. The number of rotatable bonds is 7. The van der Waals surface area contributed by atoms with Gasteiger partial charge in [0, 0.05) is 22.9 Å². The van der Waals surface area contributed by atoms with Crippen molar-refractivity contribution in [3.05, 3.63) is 66.5 Å². The van der Waals surface area contributed by atoms with Crippen LogP contribution in [0.25, 0.3) is 5.69 Å². The van der Waals surface area contributed by atoms with Crippen LogP contribution in [0.15, 0.2) is 66.1 Å². The van der Waals surface area contributed by atoms with Gasteiger partial charge in [0.05, 0.1) is 5.25 Å². The van der Waals surface area contributed by atoms with Crippen LogP contribution in [0.2, 0.25) is 0 Å². The average molecular weight is 395 g/mol. The molecule has 0 aliphatic carbocycles. The molecule has 28 heavy (non-hydrogen) atoms. The Balaban J connectivity index is 1.69. The average Bonchev–Trinajstić information content (AvgIpc) is 3.16. The van der Waals surface area contributed by atoms with Crippen molar-refractivity contribution in [2.75, 3.05) is 5.32 Å². The molecule has 0 aliphatic heterocycles. The van der Waals surface area contributed by atoms with Gasteiger partial charge in [0.25, 0.3) is 0 Å². The number of aromatic nitrogens is 3. The molecule has 3 rings (SSSR count). The quantitative estimate of drug-likeness (QED) is 0.479. The molecule has 1 atom stereocenters. The van der Waals surface area contributed by atoms with Gasteiger partial charge in [0.2, 0.25) is 5.91 Å². The maximum absolute atomic E-state index is 12.8. The van der Waals surface area contributed by atoms with Crippen LogP contribution < -0.4 is 5.32 Å². The fraction of sp³-hybridized carbons (Fsp3) is 0.238. The Labute approximate surface area is 168 Å². The Kier molecular flexibility index (Phi) is 6.26. The molecule has 0 fully saturated rings. The molecule has 3 aromatic rings. The first kappa shape index (κ1) is 19.8. The normalized spacial score (nSPS) is 12.0. The van der Waals surface area contributed by atoms with E-state index in [4.69, 9.17) is 0 Å². The van der Waals surface area contributed by atoms with Gasteiger partial charge >= 0.3 is 0 Å². The predicted molar refractivity (Wildman–Crippen MR) is 111 cm³/mol. The molecule has 7 heteroatoms. The number of para-hydroxylation sites is 1. The van der Waals surface area contributed by atoms with Gasteiger partial charge in [-0.1, -0.05) is 43.8 Å². The van der Waals surface area contributed by atoms with Gasteiger partial charge in [-0.15, -0.1) is 10.2 Å². The largest absolute Gasteiger partial charge is 0.326 e. The van der Waals surface area contributed by atoms with E-state index >= 15 is 0 Å². The number of anilines is 1. The first-order chi connectivity index (χ1) is 13.5. The smallest absolute Gasteiger partial charge is 0.226 e. The van der Waals surface area contributed by atoms with Gasteiger partial charge in [0.1, 0.15) is 6.33 Å². The molecule has 0 spiro atoms. The molecular formula is C21H22N4O2S. The van der Waals surface area contributed by atoms with Crippen LogP contribution in [-0.4, -0.2) is 31.7 Å². The highest BCUT2D eigenvalue weighted by Gasteiger charge is 2.20. The Morgan fingerprint density at radius 3 is 2.32 bits per heavy atom. The second-order valence-corrected chi connectivity index (χ2v) is 7.97. The van der Waals surface area contributed by atoms with Crippen molar-refractivity contribution in [2.45, 2.75) is 31.2 Å². The Hall–Kier alpha value is -2.93. The number of nitrogens with zero attached hydrogens (tertiary/aromatic N) is 3. The minimum Gasteiger partial charge on any atom is -0.326 e. The van der Waals surface area contributed by atoms with E-state index in [1.807, 2.05) is 55.7 Å². The summed E-state index contributed by atoms with van der Waals surface area (Å²) in [6, 6.07) is 16.7. The summed E-state index contributed by atoms with van der Waals surface area (Å²) in [6.07, 6.45) is 1.64. The number of ketones is 1. The Bertz CT molecular complexity index is 952. The summed E-state index contributed by atoms with van der Waals surface area (Å²) in [4.78, 5) is 24.6. The van der Waals surface area contributed by atoms with Crippen LogP contribution in [-0.2, 0) is 4.79 Å². The van der Waals surface area contributed by atoms with E-state index in [0.29, 0.717) is 16.4 Å². The van der Waals surface area contributed by atoms with Crippen molar-refractivity contribution in [3.63, 3.8) is 0 Å². The van der Waals surface area contributed by atoms with Gasteiger partial charge in [-0.05, 0) is 43.3 Å². The van der Waals surface area contributed by atoms with Gasteiger partial charge in [-0.2, -0.15) is 0 Å². The lowest BCUT2D eigenvalue weighted by molar-refractivity contribution is -0.118. The van der Waals surface area contributed by atoms with E-state index < -0.39 is 0 Å². The van der Waals surface area contributed by atoms with Crippen molar-refractivity contribution in [1.82, 2.24) is 14.8 Å². The molecule has 6 nitrogen and oxygen atoms in total. The molecule has 1 N–H and O–H groups in total. The zero-order valence-electron chi connectivity index (χ0n) is 16.0. The topological polar surface area (TPSA) is 76.9 Å². The van der Waals surface area contributed by atoms with E-state index in [0.717, 1.165) is 5.69 Å². The summed E-state index contributed by atoms with van der Waals surface area (Å²) in [5, 5.41) is 11.3. The highest BCUT2D eigenvalue weighted by molar-refractivity contribution is 8.00. The number of Topliss-reactive ketones (excluding diaryl/α,β-unsaturated/α-hetero) is 1. The van der Waals surface area contributed by atoms with Gasteiger partial charge in [-0.25, -0.2) is 0 Å². The Morgan fingerprint density at radius 1 is 1.00 bits per heavy atom. The lowest BCUT2D eigenvalue weighted by Gasteiger charge is -2.12. The van der Waals surface area contributed by atoms with Crippen molar-refractivity contribution in [3.8, 4) is 5.69 Å². The van der Waals surface area contributed by atoms with Gasteiger partial charge < -0.3 is 5.32 Å². The number of amides is 1. The molecule has 1 heterocycles. The summed E-state index contributed by atoms with van der Waals surface area (Å²) < 4.78 is 1.86. The van der Waals surface area contributed by atoms with Gasteiger partial charge in [0.15, 0.2) is 10.9 Å². The number of thioether (sulfide) groups is 1. The van der Waals surface area contributed by atoms with Crippen LogP contribution in [0.3, 0.4) is 0 Å². The molecule has 1 aromatic heterocycles. The maximum Gasteiger partial charge on any atom is 0.226 e. The highest BCUT2D eigenvalue weighted by Crippen LogP contribution is 2.26. The number of hydrogen-bond donors (Lipinski definition) is 1. The third kappa shape index (κ3) is 4.67. The maximum atomic E-state index is 12.8. The molecule has 1 unspecified atom stereocenters. The second kappa shape index (κ2) is 8.84. The third-order valence-electron chi connectivity index (χ3n) is 4.16. The molecule has 0 bridgehead atoms. The third-order valence-corrected chi connectivity index (χ3v) is 5.22. The zero-order valence-corrected chi connectivity index (χ0v) is 16.8. The SMILES string of the molecule is CC(C)C(=O)Nc1ccc(C(=O)C(C)Sc2nncn2-c2ccccc2)cc1. The molecule has 0 aliphatic rings. The summed E-state index contributed by atoms with van der Waals surface area (Å²) in [5.41, 5.74) is 2.22. The number of hydrogen-bond acceptors (Lipinski definition) is 5. The van der Waals surface area contributed by atoms with E-state index in [2.05, 4.69) is 15.5 Å². The van der Waals surface area contributed by atoms with Crippen LogP contribution in [0, 0.1) is 5.92 Å². The lowest BCUT2D eigenvalue weighted by Crippen LogP contribution is -2.18. The van der Waals surface area contributed by atoms with E-state index in [-0.39, 0.29) is 22.9 Å². The molecule has 1 amide bonds.